The van der Waals surface area contributed by atoms with Gasteiger partial charge in [-0.2, -0.15) is 0 Å². The fourth-order valence-corrected chi connectivity index (χ4v) is 1.82. The van der Waals surface area contributed by atoms with E-state index < -0.39 is 0 Å². The minimum Gasteiger partial charge on any atom is -0.467 e. The molecule has 0 spiro atoms. The average molecular weight is 240 g/mol. The number of furan rings is 1. The quantitative estimate of drug-likeness (QED) is 0.888. The van der Waals surface area contributed by atoms with E-state index in [1.54, 1.807) is 31.5 Å². The molecular weight excluding hydrogens is 229 g/mol. The van der Waals surface area contributed by atoms with Gasteiger partial charge in [-0.15, -0.1) is 0 Å². The van der Waals surface area contributed by atoms with E-state index in [1.165, 1.54) is 12.1 Å². The van der Waals surface area contributed by atoms with Crippen molar-refractivity contribution < 1.29 is 8.81 Å². The molecule has 4 heteroatoms. The van der Waals surface area contributed by atoms with E-state index >= 15 is 0 Å². The first kappa shape index (κ1) is 11.2. The first-order valence-corrected chi connectivity index (χ1v) is 5.26. The normalized spacial score (nSPS) is 12.7. The topological polar surface area (TPSA) is 25.2 Å². The first-order chi connectivity index (χ1) is 7.72. The third kappa shape index (κ3) is 2.10. The summed E-state index contributed by atoms with van der Waals surface area (Å²) in [5.74, 6) is 0.351. The summed E-state index contributed by atoms with van der Waals surface area (Å²) in [6.07, 6.45) is 1.56. The molecule has 2 nitrogen and oxygen atoms in total. The van der Waals surface area contributed by atoms with Crippen molar-refractivity contribution in [3.8, 4) is 0 Å². The number of hydrogen-bond acceptors (Lipinski definition) is 2. The lowest BCUT2D eigenvalue weighted by atomic mass is 10.0. The molecule has 2 rings (SSSR count). The minimum absolute atomic E-state index is 0.305. The number of rotatable bonds is 3. The molecule has 0 aliphatic carbocycles. The zero-order valence-corrected chi connectivity index (χ0v) is 9.46. The van der Waals surface area contributed by atoms with Gasteiger partial charge in [-0.1, -0.05) is 11.6 Å². The van der Waals surface area contributed by atoms with Crippen LogP contribution in [0.5, 0.6) is 0 Å². The smallest absolute Gasteiger partial charge is 0.128 e. The monoisotopic (exact) mass is 239 g/mol. The maximum absolute atomic E-state index is 13.7. The van der Waals surface area contributed by atoms with Gasteiger partial charge in [-0.3, -0.25) is 0 Å². The molecular formula is C12H11ClFNO. The predicted molar refractivity (Wildman–Crippen MR) is 61.0 cm³/mol. The van der Waals surface area contributed by atoms with Crippen molar-refractivity contribution in [3.63, 3.8) is 0 Å². The van der Waals surface area contributed by atoms with Crippen LogP contribution < -0.4 is 5.32 Å². The van der Waals surface area contributed by atoms with Crippen molar-refractivity contribution in [1.82, 2.24) is 5.32 Å². The van der Waals surface area contributed by atoms with Crippen LogP contribution in [0.4, 0.5) is 4.39 Å². The summed E-state index contributed by atoms with van der Waals surface area (Å²) in [4.78, 5) is 0. The van der Waals surface area contributed by atoms with Gasteiger partial charge in [-0.05, 0) is 37.4 Å². The van der Waals surface area contributed by atoms with Gasteiger partial charge < -0.3 is 9.73 Å². The number of benzene rings is 1. The first-order valence-electron chi connectivity index (χ1n) is 4.88. The Labute approximate surface area is 98.0 Å². The van der Waals surface area contributed by atoms with Crippen molar-refractivity contribution in [2.24, 2.45) is 0 Å². The summed E-state index contributed by atoms with van der Waals surface area (Å²) in [5, 5.41) is 3.50. The van der Waals surface area contributed by atoms with Crippen LogP contribution in [-0.2, 0) is 0 Å². The van der Waals surface area contributed by atoms with E-state index in [9.17, 15) is 4.39 Å². The summed E-state index contributed by atoms with van der Waals surface area (Å²) in [6, 6.07) is 7.71. The molecule has 0 bridgehead atoms. The minimum atomic E-state index is -0.325. The van der Waals surface area contributed by atoms with Crippen molar-refractivity contribution >= 4 is 11.6 Å². The van der Waals surface area contributed by atoms with E-state index in [-0.39, 0.29) is 11.9 Å². The highest BCUT2D eigenvalue weighted by atomic mass is 35.5. The Bertz CT molecular complexity index is 470. The van der Waals surface area contributed by atoms with E-state index in [0.717, 1.165) is 0 Å². The number of hydrogen-bond donors (Lipinski definition) is 1. The van der Waals surface area contributed by atoms with Gasteiger partial charge in [0.25, 0.3) is 0 Å². The molecule has 0 aliphatic heterocycles. The van der Waals surface area contributed by atoms with Crippen LogP contribution in [-0.4, -0.2) is 7.05 Å². The Hall–Kier alpha value is -1.32. The second-order valence-electron chi connectivity index (χ2n) is 3.40. The molecule has 2 aromatic rings. The summed E-state index contributed by atoms with van der Waals surface area (Å²) in [5.41, 5.74) is 0.477. The zero-order valence-electron chi connectivity index (χ0n) is 8.71. The van der Waals surface area contributed by atoms with Crippen LogP contribution in [0.25, 0.3) is 0 Å². The molecule has 1 aromatic carbocycles. The van der Waals surface area contributed by atoms with Gasteiger partial charge in [0, 0.05) is 10.6 Å². The third-order valence-electron chi connectivity index (χ3n) is 2.39. The second-order valence-corrected chi connectivity index (χ2v) is 3.84. The SMILES string of the molecule is CNC(c1ccco1)c1cc(Cl)ccc1F. The molecule has 0 aliphatic rings. The lowest BCUT2D eigenvalue weighted by Gasteiger charge is -2.15. The van der Waals surface area contributed by atoms with E-state index in [0.29, 0.717) is 16.3 Å². The molecule has 1 N–H and O–H groups in total. The standard InChI is InChI=1S/C12H11ClFNO/c1-15-12(11-3-2-6-16-11)9-7-8(13)4-5-10(9)14/h2-7,12,15H,1H3. The number of nitrogens with one attached hydrogen (secondary N) is 1. The van der Waals surface area contributed by atoms with Gasteiger partial charge in [-0.25, -0.2) is 4.39 Å². The van der Waals surface area contributed by atoms with Crippen molar-refractivity contribution in [3.05, 3.63) is 58.8 Å². The largest absolute Gasteiger partial charge is 0.467 e. The van der Waals surface area contributed by atoms with Crippen LogP contribution in [0.15, 0.2) is 41.0 Å². The van der Waals surface area contributed by atoms with E-state index in [1.807, 2.05) is 0 Å². The Morgan fingerprint density at radius 3 is 2.81 bits per heavy atom. The number of halogens is 2. The molecule has 1 aromatic heterocycles. The van der Waals surface area contributed by atoms with Gasteiger partial charge in [0.2, 0.25) is 0 Å². The van der Waals surface area contributed by atoms with Gasteiger partial charge in [0.05, 0.1) is 12.3 Å². The molecule has 0 saturated heterocycles. The van der Waals surface area contributed by atoms with Gasteiger partial charge in [0.1, 0.15) is 11.6 Å². The lowest BCUT2D eigenvalue weighted by molar-refractivity contribution is 0.453. The van der Waals surface area contributed by atoms with Crippen molar-refractivity contribution in [2.45, 2.75) is 6.04 Å². The third-order valence-corrected chi connectivity index (χ3v) is 2.62. The maximum Gasteiger partial charge on any atom is 0.128 e. The molecule has 0 amide bonds. The fourth-order valence-electron chi connectivity index (χ4n) is 1.64. The Morgan fingerprint density at radius 2 is 2.19 bits per heavy atom. The highest BCUT2D eigenvalue weighted by Gasteiger charge is 2.18. The highest BCUT2D eigenvalue weighted by molar-refractivity contribution is 6.30. The van der Waals surface area contributed by atoms with E-state index in [2.05, 4.69) is 5.32 Å². The Morgan fingerprint density at radius 1 is 1.38 bits per heavy atom. The summed E-state index contributed by atoms with van der Waals surface area (Å²) in [7, 11) is 1.74. The molecule has 84 valence electrons. The molecule has 0 radical (unpaired) electrons. The zero-order chi connectivity index (χ0) is 11.5. The summed E-state index contributed by atoms with van der Waals surface area (Å²) in [6.45, 7) is 0. The van der Waals surface area contributed by atoms with Crippen molar-refractivity contribution in [2.75, 3.05) is 7.05 Å². The van der Waals surface area contributed by atoms with Gasteiger partial charge >= 0.3 is 0 Å². The van der Waals surface area contributed by atoms with Crippen LogP contribution in [0, 0.1) is 5.82 Å². The maximum atomic E-state index is 13.7. The Balaban J connectivity index is 2.44. The fraction of sp³-hybridized carbons (Fsp3) is 0.167. The van der Waals surface area contributed by atoms with Crippen LogP contribution in [0.1, 0.15) is 17.4 Å². The molecule has 1 heterocycles. The molecule has 1 atom stereocenters. The molecule has 0 saturated carbocycles. The van der Waals surface area contributed by atoms with Crippen LogP contribution in [0.2, 0.25) is 5.02 Å². The van der Waals surface area contributed by atoms with Crippen LogP contribution in [0.3, 0.4) is 0 Å². The second kappa shape index (κ2) is 4.68. The van der Waals surface area contributed by atoms with Gasteiger partial charge in [0.15, 0.2) is 0 Å². The summed E-state index contributed by atoms with van der Waals surface area (Å²) >= 11 is 5.85. The van der Waals surface area contributed by atoms with Crippen LogP contribution >= 0.6 is 11.6 Å². The van der Waals surface area contributed by atoms with E-state index in [4.69, 9.17) is 16.0 Å². The predicted octanol–water partition coefficient (Wildman–Crippen LogP) is 3.38. The highest BCUT2D eigenvalue weighted by Crippen LogP contribution is 2.26. The van der Waals surface area contributed by atoms with Crippen molar-refractivity contribution in [1.29, 1.82) is 0 Å². The molecule has 1 unspecified atom stereocenters. The molecule has 16 heavy (non-hydrogen) atoms. The Kier molecular flexibility index (Phi) is 3.27. The lowest BCUT2D eigenvalue weighted by Crippen LogP contribution is -2.18. The summed E-state index contributed by atoms with van der Waals surface area (Å²) < 4.78 is 18.9. The molecule has 0 fully saturated rings. The average Bonchev–Trinajstić information content (AvgIpc) is 2.78.